The van der Waals surface area contributed by atoms with Crippen molar-refractivity contribution in [2.45, 2.75) is 6.18 Å². The number of aliphatic carboxylic acids is 1. The molecule has 9 heteroatoms. The third kappa shape index (κ3) is 17.7. The molecule has 2 N–H and O–H groups in total. The number of halogens is 3. The van der Waals surface area contributed by atoms with E-state index in [0.29, 0.717) is 0 Å². The van der Waals surface area contributed by atoms with Gasteiger partial charge in [0.1, 0.15) is 0 Å². The zero-order valence-electron chi connectivity index (χ0n) is 4.66. The van der Waals surface area contributed by atoms with Crippen LogP contribution in [-0.4, -0.2) is 21.8 Å². The van der Waals surface area contributed by atoms with Gasteiger partial charge in [-0.3, -0.25) is 0 Å². The summed E-state index contributed by atoms with van der Waals surface area (Å²) in [7, 11) is -2.03. The normalized spacial score (nSPS) is 10.3. The van der Waals surface area contributed by atoms with Gasteiger partial charge in [-0.05, 0) is 0 Å². The Hall–Kier alpha value is -0.410. The Labute approximate surface area is 65.5 Å². The van der Waals surface area contributed by atoms with Crippen LogP contribution in [0, 0.1) is 0 Å². The molecule has 0 bridgehead atoms. The summed E-state index contributed by atoms with van der Waals surface area (Å²) in [5, 5.41) is 7.12. The SMILES string of the molecule is O=C(O)C(F)(F)F.O=[S-](O)=S. The van der Waals surface area contributed by atoms with Gasteiger partial charge in [-0.1, -0.05) is 9.64 Å². The van der Waals surface area contributed by atoms with Crippen molar-refractivity contribution >= 4 is 26.8 Å². The smallest absolute Gasteiger partial charge is 0.475 e. The Balaban J connectivity index is 0. The minimum Gasteiger partial charge on any atom is -0.475 e. The van der Waals surface area contributed by atoms with Crippen LogP contribution in [0.1, 0.15) is 0 Å². The molecule has 0 aromatic rings. The first kappa shape index (κ1) is 13.2. The quantitative estimate of drug-likeness (QED) is 0.451. The van der Waals surface area contributed by atoms with Crippen LogP contribution in [0.5, 0.6) is 0 Å². The maximum Gasteiger partial charge on any atom is 0.490 e. The van der Waals surface area contributed by atoms with Crippen molar-refractivity contribution < 1.29 is 31.8 Å². The molecule has 0 atom stereocenters. The third-order valence-corrected chi connectivity index (χ3v) is 0.243. The van der Waals surface area contributed by atoms with Crippen LogP contribution in [0.15, 0.2) is 0 Å². The summed E-state index contributed by atoms with van der Waals surface area (Å²) in [5.41, 5.74) is 0. The van der Waals surface area contributed by atoms with Crippen LogP contribution in [0.25, 0.3) is 0 Å². The lowest BCUT2D eigenvalue weighted by Crippen LogP contribution is -2.21. The second-order valence-electron chi connectivity index (χ2n) is 1.02. The maximum atomic E-state index is 10.6. The number of rotatable bonds is 0. The van der Waals surface area contributed by atoms with Crippen LogP contribution in [0.2, 0.25) is 0 Å². The van der Waals surface area contributed by atoms with Crippen LogP contribution >= 0.6 is 0 Å². The molecule has 0 aromatic carbocycles. The van der Waals surface area contributed by atoms with E-state index in [1.807, 2.05) is 0 Å². The van der Waals surface area contributed by atoms with Gasteiger partial charge in [-0.15, -0.1) is 0 Å². The molecule has 0 saturated heterocycles. The molecule has 0 amide bonds. The Morgan fingerprint density at radius 2 is 1.55 bits per heavy atom. The Bertz CT molecular complexity index is 186. The van der Waals surface area contributed by atoms with Gasteiger partial charge < -0.3 is 13.9 Å². The lowest BCUT2D eigenvalue weighted by atomic mass is 10.7. The van der Waals surface area contributed by atoms with Crippen molar-refractivity contribution in [1.29, 1.82) is 0 Å². The highest BCUT2D eigenvalue weighted by Crippen LogP contribution is 2.13. The number of alkyl halides is 3. The number of carbonyl (C=O) groups is 1. The number of carboxylic acids is 1. The minimum absolute atomic E-state index is 2.03. The number of carboxylic acid groups (broad SMARTS) is 1. The van der Waals surface area contributed by atoms with Crippen molar-refractivity contribution in [2.24, 2.45) is 0 Å². The van der Waals surface area contributed by atoms with Crippen molar-refractivity contribution in [3.8, 4) is 0 Å². The molecule has 0 aromatic heterocycles. The van der Waals surface area contributed by atoms with Gasteiger partial charge in [0.05, 0.1) is 0 Å². The minimum atomic E-state index is -5.08. The summed E-state index contributed by atoms with van der Waals surface area (Å²) in [6.45, 7) is 0. The molecule has 0 rings (SSSR count). The monoisotopic (exact) mass is 211 g/mol. The molecule has 0 aliphatic carbocycles. The van der Waals surface area contributed by atoms with Gasteiger partial charge >= 0.3 is 12.1 Å². The molecular formula is C2H2F3O4S2-. The molecule has 11 heavy (non-hydrogen) atoms. The summed E-state index contributed by atoms with van der Waals surface area (Å²) < 4.78 is 48.0. The highest BCUT2D eigenvalue weighted by molar-refractivity contribution is 8.18. The zero-order chi connectivity index (χ0) is 9.65. The van der Waals surface area contributed by atoms with Crippen molar-refractivity contribution in [3.05, 3.63) is 0 Å². The highest BCUT2D eigenvalue weighted by Gasteiger charge is 2.38. The number of hydrogen-bond donors (Lipinski definition) is 2. The summed E-state index contributed by atoms with van der Waals surface area (Å²) in [6.07, 6.45) is -5.08. The van der Waals surface area contributed by atoms with E-state index in [0.717, 1.165) is 0 Å². The maximum absolute atomic E-state index is 10.6. The second kappa shape index (κ2) is 5.27. The standard InChI is InChI=1S/C2HF3O2.HO2S2/c3-2(4,5)1(6)7;1-4(2)3/h(H,6,7);(H,1,2,3)/q;-1. The molecule has 0 aliphatic heterocycles. The summed E-state index contributed by atoms with van der Waals surface area (Å²) >= 11 is 3.65. The molecular weight excluding hydrogens is 209 g/mol. The fourth-order valence-electron chi connectivity index (χ4n) is 0. The second-order valence-corrected chi connectivity index (χ2v) is 2.31. The van der Waals surface area contributed by atoms with E-state index in [2.05, 4.69) is 11.2 Å². The van der Waals surface area contributed by atoms with E-state index >= 15 is 0 Å². The van der Waals surface area contributed by atoms with Crippen LogP contribution < -0.4 is 0 Å². The summed E-state index contributed by atoms with van der Waals surface area (Å²) in [5.74, 6) is -2.76. The van der Waals surface area contributed by atoms with Gasteiger partial charge in [0.15, 0.2) is 0 Å². The fourth-order valence-corrected chi connectivity index (χ4v) is 0. The first-order valence-corrected chi connectivity index (χ1v) is 3.79. The molecule has 0 heterocycles. The number of hydrogen-bond acceptors (Lipinski definition) is 4. The molecule has 0 aliphatic rings. The van der Waals surface area contributed by atoms with Crippen LogP contribution in [-0.2, 0) is 29.8 Å². The van der Waals surface area contributed by atoms with E-state index in [9.17, 15) is 13.2 Å². The predicted molar refractivity (Wildman–Crippen MR) is 31.7 cm³/mol. The first-order chi connectivity index (χ1) is 4.68. The molecule has 0 radical (unpaired) electrons. The fraction of sp³-hybridized carbons (Fsp3) is 0.500. The lowest BCUT2D eigenvalue weighted by Gasteiger charge is -1.93. The van der Waals surface area contributed by atoms with Gasteiger partial charge in [0.25, 0.3) is 0 Å². The van der Waals surface area contributed by atoms with Crippen LogP contribution in [0.4, 0.5) is 13.2 Å². The van der Waals surface area contributed by atoms with Gasteiger partial charge in [0, 0.05) is 0 Å². The molecule has 4 nitrogen and oxygen atoms in total. The van der Waals surface area contributed by atoms with Gasteiger partial charge in [-0.25, -0.2) is 16.0 Å². The topological polar surface area (TPSA) is 74.6 Å². The molecule has 0 unspecified atom stereocenters. The molecule has 0 saturated carbocycles. The summed E-state index contributed by atoms with van der Waals surface area (Å²) in [4.78, 5) is 8.90. The van der Waals surface area contributed by atoms with Gasteiger partial charge in [0.2, 0.25) is 0 Å². The highest BCUT2D eigenvalue weighted by atomic mass is 32.8. The van der Waals surface area contributed by atoms with E-state index in [1.54, 1.807) is 0 Å². The van der Waals surface area contributed by atoms with E-state index in [-0.39, 0.29) is 0 Å². The zero-order valence-corrected chi connectivity index (χ0v) is 6.29. The largest absolute Gasteiger partial charge is 0.490 e. The molecule has 0 spiro atoms. The van der Waals surface area contributed by atoms with Crippen molar-refractivity contribution in [3.63, 3.8) is 0 Å². The van der Waals surface area contributed by atoms with Gasteiger partial charge in [-0.2, -0.15) is 13.2 Å². The van der Waals surface area contributed by atoms with Crippen molar-refractivity contribution in [1.82, 2.24) is 0 Å². The van der Waals surface area contributed by atoms with E-state index in [1.165, 1.54) is 0 Å². The first-order valence-electron chi connectivity index (χ1n) is 1.76. The third-order valence-electron chi connectivity index (χ3n) is 0.243. The Morgan fingerprint density at radius 1 is 1.45 bits per heavy atom. The van der Waals surface area contributed by atoms with E-state index < -0.39 is 21.8 Å². The Kier molecular flexibility index (Phi) is 6.32. The lowest BCUT2D eigenvalue weighted by molar-refractivity contribution is -0.192. The average Bonchev–Trinajstić information content (AvgIpc) is 1.59. The van der Waals surface area contributed by atoms with Crippen molar-refractivity contribution in [2.75, 3.05) is 0 Å². The van der Waals surface area contributed by atoms with Crippen LogP contribution in [0.3, 0.4) is 0 Å². The molecule has 68 valence electrons. The predicted octanol–water partition coefficient (Wildman–Crippen LogP) is 0.518. The molecule has 0 fully saturated rings. The average molecular weight is 211 g/mol. The Morgan fingerprint density at radius 3 is 1.55 bits per heavy atom. The summed E-state index contributed by atoms with van der Waals surface area (Å²) in [6, 6.07) is 0. The van der Waals surface area contributed by atoms with E-state index in [4.69, 9.17) is 18.7 Å².